The van der Waals surface area contributed by atoms with Crippen LogP contribution in [-0.4, -0.2) is 30.2 Å². The van der Waals surface area contributed by atoms with Crippen molar-refractivity contribution in [3.8, 4) is 0 Å². The van der Waals surface area contributed by atoms with E-state index in [1.54, 1.807) is 0 Å². The first-order valence-corrected chi connectivity index (χ1v) is 3.63. The highest BCUT2D eigenvalue weighted by Crippen LogP contribution is 1.99. The Balaban J connectivity index is 0. The zero-order valence-electron chi connectivity index (χ0n) is 7.36. The molecule has 0 spiro atoms. The number of nitrogens with two attached hydrogens (primary N) is 1. The molecule has 0 aromatic rings. The average Bonchev–Trinajstić information content (AvgIpc) is 2.02. The van der Waals surface area contributed by atoms with Crippen LogP contribution in [0.4, 0.5) is 0 Å². The molecule has 6 heteroatoms. The van der Waals surface area contributed by atoms with Crippen LogP contribution in [0.25, 0.3) is 0 Å². The van der Waals surface area contributed by atoms with Crippen molar-refractivity contribution in [2.24, 2.45) is 5.73 Å². The molecule has 0 aliphatic heterocycles. The van der Waals surface area contributed by atoms with E-state index in [9.17, 15) is 9.59 Å². The maximum Gasteiger partial charge on any atom is 0.322 e. The molecular weight excluding hydrogens is 198 g/mol. The number of ether oxygens (including phenoxy) is 1. The second-order valence-corrected chi connectivity index (χ2v) is 2.42. The molecule has 0 bridgehead atoms. The van der Waals surface area contributed by atoms with Gasteiger partial charge in [0.15, 0.2) is 0 Å². The summed E-state index contributed by atoms with van der Waals surface area (Å²) in [6, 6.07) is -0.700. The molecule has 0 aromatic heterocycles. The van der Waals surface area contributed by atoms with Gasteiger partial charge in [-0.25, -0.2) is 0 Å². The molecule has 13 heavy (non-hydrogen) atoms. The highest BCUT2D eigenvalue weighted by Gasteiger charge is 2.13. The molecule has 5 nitrogen and oxygen atoms in total. The number of methoxy groups -OCH3 is 1. The van der Waals surface area contributed by atoms with Crippen LogP contribution in [-0.2, 0) is 14.3 Å². The lowest BCUT2D eigenvalue weighted by Gasteiger charge is -2.06. The van der Waals surface area contributed by atoms with E-state index < -0.39 is 18.0 Å². The highest BCUT2D eigenvalue weighted by atomic mass is 35.5. The van der Waals surface area contributed by atoms with Gasteiger partial charge in [-0.2, -0.15) is 0 Å². The van der Waals surface area contributed by atoms with E-state index in [1.807, 2.05) is 0 Å². The summed E-state index contributed by atoms with van der Waals surface area (Å²) >= 11 is 0. The van der Waals surface area contributed by atoms with Crippen LogP contribution in [0.5, 0.6) is 0 Å². The molecule has 3 N–H and O–H groups in total. The quantitative estimate of drug-likeness (QED) is 0.633. The van der Waals surface area contributed by atoms with E-state index in [0.29, 0.717) is 12.8 Å². The predicted octanol–water partition coefficient (Wildman–Crippen LogP) is 0.163. The molecule has 0 unspecified atom stereocenters. The smallest absolute Gasteiger partial charge is 0.322 e. The maximum atomic E-state index is 10.7. The van der Waals surface area contributed by atoms with Gasteiger partial charge in [0.05, 0.1) is 7.11 Å². The molecule has 0 radical (unpaired) electrons. The zero-order valence-corrected chi connectivity index (χ0v) is 8.17. The summed E-state index contributed by atoms with van der Waals surface area (Å²) in [6.07, 6.45) is 0.773. The van der Waals surface area contributed by atoms with Crippen LogP contribution in [0.15, 0.2) is 0 Å². The SMILES string of the molecule is COC(=O)[C@@H](N)CCCC(=O)O.Cl. The van der Waals surface area contributed by atoms with Crippen molar-refractivity contribution in [2.45, 2.75) is 25.3 Å². The van der Waals surface area contributed by atoms with Crippen molar-refractivity contribution in [3.05, 3.63) is 0 Å². The van der Waals surface area contributed by atoms with Crippen LogP contribution >= 0.6 is 12.4 Å². The van der Waals surface area contributed by atoms with Crippen LogP contribution < -0.4 is 5.73 Å². The molecule has 78 valence electrons. The first kappa shape index (κ1) is 14.7. The van der Waals surface area contributed by atoms with E-state index in [-0.39, 0.29) is 18.8 Å². The molecule has 0 fully saturated rings. The van der Waals surface area contributed by atoms with E-state index in [4.69, 9.17) is 10.8 Å². The molecule has 0 aliphatic rings. The lowest BCUT2D eigenvalue weighted by molar-refractivity contribution is -0.143. The minimum absolute atomic E-state index is 0. The predicted molar refractivity (Wildman–Crippen MR) is 48.7 cm³/mol. The number of halogens is 1. The van der Waals surface area contributed by atoms with Gasteiger partial charge in [-0.1, -0.05) is 0 Å². The van der Waals surface area contributed by atoms with Gasteiger partial charge in [0.25, 0.3) is 0 Å². The number of aliphatic carboxylic acids is 1. The van der Waals surface area contributed by atoms with E-state index in [0.717, 1.165) is 0 Å². The Labute approximate surface area is 82.7 Å². The molecule has 0 heterocycles. The van der Waals surface area contributed by atoms with Crippen LogP contribution in [0.3, 0.4) is 0 Å². The summed E-state index contributed by atoms with van der Waals surface area (Å²) < 4.78 is 4.36. The second-order valence-electron chi connectivity index (χ2n) is 2.42. The normalized spacial score (nSPS) is 11.2. The molecule has 0 rings (SSSR count). The fraction of sp³-hybridized carbons (Fsp3) is 0.714. The van der Waals surface area contributed by atoms with E-state index >= 15 is 0 Å². The third-order valence-corrected chi connectivity index (χ3v) is 1.41. The molecule has 0 aromatic carbocycles. The number of carbonyl (C=O) groups excluding carboxylic acids is 1. The van der Waals surface area contributed by atoms with Crippen molar-refractivity contribution in [2.75, 3.05) is 7.11 Å². The molecule has 0 amide bonds. The number of carboxylic acids is 1. The molecule has 1 atom stereocenters. The number of esters is 1. The number of carboxylic acid groups (broad SMARTS) is 1. The summed E-state index contributed by atoms with van der Waals surface area (Å²) in [5.41, 5.74) is 5.35. The molecular formula is C7H14ClNO4. The lowest BCUT2D eigenvalue weighted by Crippen LogP contribution is -2.31. The fourth-order valence-electron chi connectivity index (χ4n) is 0.742. The van der Waals surface area contributed by atoms with Crippen molar-refractivity contribution in [1.82, 2.24) is 0 Å². The van der Waals surface area contributed by atoms with Gasteiger partial charge in [0.1, 0.15) is 6.04 Å². The first-order valence-electron chi connectivity index (χ1n) is 3.63. The second kappa shape index (κ2) is 7.82. The van der Waals surface area contributed by atoms with Gasteiger partial charge < -0.3 is 15.6 Å². The largest absolute Gasteiger partial charge is 0.481 e. The standard InChI is InChI=1S/C7H13NO4.ClH/c1-12-7(11)5(8)3-2-4-6(9)10;/h5H,2-4,8H2,1H3,(H,9,10);1H/t5-;/m0./s1. The Kier molecular flexibility index (Phi) is 8.84. The van der Waals surface area contributed by atoms with Gasteiger partial charge in [-0.05, 0) is 12.8 Å². The Bertz CT molecular complexity index is 174. The monoisotopic (exact) mass is 211 g/mol. The third-order valence-electron chi connectivity index (χ3n) is 1.41. The van der Waals surface area contributed by atoms with Gasteiger partial charge in [-0.15, -0.1) is 12.4 Å². The Hall–Kier alpha value is -0.810. The first-order chi connectivity index (χ1) is 5.57. The summed E-state index contributed by atoms with van der Waals surface area (Å²) in [7, 11) is 1.25. The minimum Gasteiger partial charge on any atom is -0.481 e. The molecule has 0 aliphatic carbocycles. The van der Waals surface area contributed by atoms with E-state index in [2.05, 4.69) is 4.74 Å². The Morgan fingerprint density at radius 3 is 2.46 bits per heavy atom. The fourth-order valence-corrected chi connectivity index (χ4v) is 0.742. The van der Waals surface area contributed by atoms with Gasteiger partial charge in [-0.3, -0.25) is 9.59 Å². The topological polar surface area (TPSA) is 89.6 Å². The lowest BCUT2D eigenvalue weighted by atomic mass is 10.1. The summed E-state index contributed by atoms with van der Waals surface area (Å²) in [5, 5.41) is 8.27. The minimum atomic E-state index is -0.882. The summed E-state index contributed by atoms with van der Waals surface area (Å²) in [6.45, 7) is 0. The van der Waals surface area contributed by atoms with Crippen LogP contribution in [0.1, 0.15) is 19.3 Å². The highest BCUT2D eigenvalue weighted by molar-refractivity contribution is 5.85. The third kappa shape index (κ3) is 7.55. The summed E-state index contributed by atoms with van der Waals surface area (Å²) in [4.78, 5) is 20.8. The van der Waals surface area contributed by atoms with Crippen molar-refractivity contribution >= 4 is 24.3 Å². The number of hydrogen-bond acceptors (Lipinski definition) is 4. The molecule has 0 saturated heterocycles. The maximum absolute atomic E-state index is 10.7. The summed E-state index contributed by atoms with van der Waals surface area (Å²) in [5.74, 6) is -1.38. The number of hydrogen-bond donors (Lipinski definition) is 2. The van der Waals surface area contributed by atoms with Crippen molar-refractivity contribution < 1.29 is 19.4 Å². The number of carbonyl (C=O) groups is 2. The van der Waals surface area contributed by atoms with Crippen LogP contribution in [0.2, 0.25) is 0 Å². The van der Waals surface area contributed by atoms with Gasteiger partial charge in [0, 0.05) is 6.42 Å². The van der Waals surface area contributed by atoms with Gasteiger partial charge >= 0.3 is 11.9 Å². The van der Waals surface area contributed by atoms with Crippen molar-refractivity contribution in [1.29, 1.82) is 0 Å². The number of rotatable bonds is 5. The average molecular weight is 212 g/mol. The Morgan fingerprint density at radius 2 is 2.08 bits per heavy atom. The molecule has 0 saturated carbocycles. The van der Waals surface area contributed by atoms with Crippen molar-refractivity contribution in [3.63, 3.8) is 0 Å². The van der Waals surface area contributed by atoms with E-state index in [1.165, 1.54) is 7.11 Å². The zero-order chi connectivity index (χ0) is 9.56. The Morgan fingerprint density at radius 1 is 1.54 bits per heavy atom. The van der Waals surface area contributed by atoms with Gasteiger partial charge in [0.2, 0.25) is 0 Å². The van der Waals surface area contributed by atoms with Crippen LogP contribution in [0, 0.1) is 0 Å².